The van der Waals surface area contributed by atoms with Crippen LogP contribution in [0, 0.1) is 10.1 Å². The lowest BCUT2D eigenvalue weighted by Gasteiger charge is -2.29. The van der Waals surface area contributed by atoms with Gasteiger partial charge >= 0.3 is 23.7 Å². The summed E-state index contributed by atoms with van der Waals surface area (Å²) in [6.07, 6.45) is 0. The van der Waals surface area contributed by atoms with E-state index in [9.17, 15) is 24.5 Å². The predicted octanol–water partition coefficient (Wildman–Crippen LogP) is 3.02. The molecule has 2 aromatic carbocycles. The monoisotopic (exact) mass is 469 g/mol. The zero-order chi connectivity index (χ0) is 24.7. The molecular weight excluding hydrogens is 446 g/mol. The number of ether oxygens (including phenoxy) is 3. The molecule has 34 heavy (non-hydrogen) atoms. The average molecular weight is 469 g/mol. The summed E-state index contributed by atoms with van der Waals surface area (Å²) < 4.78 is 15.6. The second-order valence-corrected chi connectivity index (χ2v) is 7.00. The van der Waals surface area contributed by atoms with E-state index in [1.165, 1.54) is 12.1 Å². The number of nitro benzene ring substituents is 1. The van der Waals surface area contributed by atoms with E-state index in [4.69, 9.17) is 14.2 Å². The zero-order valence-electron chi connectivity index (χ0n) is 18.5. The summed E-state index contributed by atoms with van der Waals surface area (Å²) in [6.45, 7) is 3.16. The van der Waals surface area contributed by atoms with Crippen molar-refractivity contribution >= 4 is 23.7 Å². The molecule has 0 radical (unpaired) electrons. The minimum Gasteiger partial charge on any atom is -0.487 e. The molecule has 178 valence electrons. The molecule has 2 amide bonds. The molecule has 0 saturated carbocycles. The first-order valence-corrected chi connectivity index (χ1v) is 10.5. The molecule has 1 heterocycles. The van der Waals surface area contributed by atoms with Crippen LogP contribution in [-0.4, -0.2) is 42.7 Å². The standard InChI is InChI=1S/C23H23N3O8/c1-3-32-18-11-10-15(12-17(18)26(30)31)21(27)34-13-16-19(22(28)33-4-2)20(25-23(29)24-16)14-8-6-5-7-9-14/h5-12,20H,3-4,13H2,1-2H3,(H2,24,25,29). The van der Waals surface area contributed by atoms with Crippen molar-refractivity contribution in [1.29, 1.82) is 0 Å². The van der Waals surface area contributed by atoms with Crippen LogP contribution in [0.1, 0.15) is 35.8 Å². The van der Waals surface area contributed by atoms with Gasteiger partial charge < -0.3 is 24.8 Å². The lowest BCUT2D eigenvalue weighted by Crippen LogP contribution is -2.47. The Morgan fingerprint density at radius 2 is 1.76 bits per heavy atom. The topological polar surface area (TPSA) is 146 Å². The number of rotatable bonds is 9. The molecule has 0 fully saturated rings. The Kier molecular flexibility index (Phi) is 7.80. The number of nitrogens with one attached hydrogen (secondary N) is 2. The molecule has 2 N–H and O–H groups in total. The van der Waals surface area contributed by atoms with Crippen molar-refractivity contribution < 1.29 is 33.5 Å². The number of nitro groups is 1. The molecule has 11 heteroatoms. The van der Waals surface area contributed by atoms with Crippen LogP contribution in [0.25, 0.3) is 0 Å². The van der Waals surface area contributed by atoms with E-state index in [-0.39, 0.29) is 41.5 Å². The largest absolute Gasteiger partial charge is 0.487 e. The molecule has 1 aliphatic rings. The third-order valence-electron chi connectivity index (χ3n) is 4.82. The van der Waals surface area contributed by atoms with Gasteiger partial charge in [0.05, 0.1) is 41.0 Å². The highest BCUT2D eigenvalue weighted by molar-refractivity contribution is 5.95. The molecule has 3 rings (SSSR count). The number of urea groups is 1. The zero-order valence-corrected chi connectivity index (χ0v) is 18.5. The fourth-order valence-corrected chi connectivity index (χ4v) is 3.36. The second-order valence-electron chi connectivity index (χ2n) is 7.00. The minimum atomic E-state index is -0.883. The highest BCUT2D eigenvalue weighted by Gasteiger charge is 2.34. The summed E-state index contributed by atoms with van der Waals surface area (Å²) in [5.41, 5.74) is 0.282. The second kappa shape index (κ2) is 10.9. The first-order chi connectivity index (χ1) is 16.3. The van der Waals surface area contributed by atoms with Crippen molar-refractivity contribution in [2.75, 3.05) is 19.8 Å². The average Bonchev–Trinajstić information content (AvgIpc) is 2.83. The van der Waals surface area contributed by atoms with Crippen LogP contribution < -0.4 is 15.4 Å². The van der Waals surface area contributed by atoms with Gasteiger partial charge in [-0.1, -0.05) is 30.3 Å². The fourth-order valence-electron chi connectivity index (χ4n) is 3.36. The molecule has 1 atom stereocenters. The van der Waals surface area contributed by atoms with E-state index in [0.717, 1.165) is 6.07 Å². The van der Waals surface area contributed by atoms with Crippen LogP contribution in [-0.2, 0) is 14.3 Å². The van der Waals surface area contributed by atoms with E-state index in [2.05, 4.69) is 10.6 Å². The summed E-state index contributed by atoms with van der Waals surface area (Å²) in [5.74, 6) is -1.55. The van der Waals surface area contributed by atoms with E-state index >= 15 is 0 Å². The van der Waals surface area contributed by atoms with Crippen molar-refractivity contribution in [3.05, 3.63) is 81.0 Å². The minimum absolute atomic E-state index is 0.0210. The van der Waals surface area contributed by atoms with Crippen molar-refractivity contribution in [2.45, 2.75) is 19.9 Å². The summed E-state index contributed by atoms with van der Waals surface area (Å²) >= 11 is 0. The van der Waals surface area contributed by atoms with Crippen LogP contribution in [0.4, 0.5) is 10.5 Å². The van der Waals surface area contributed by atoms with E-state index < -0.39 is 35.5 Å². The number of hydrogen-bond donors (Lipinski definition) is 2. The molecule has 1 aliphatic heterocycles. The number of amides is 2. The van der Waals surface area contributed by atoms with Crippen molar-refractivity contribution in [3.8, 4) is 5.75 Å². The van der Waals surface area contributed by atoms with Gasteiger partial charge in [0, 0.05) is 6.07 Å². The maximum atomic E-state index is 12.7. The third kappa shape index (κ3) is 5.49. The number of benzene rings is 2. The lowest BCUT2D eigenvalue weighted by atomic mass is 9.95. The van der Waals surface area contributed by atoms with Crippen molar-refractivity contribution in [1.82, 2.24) is 10.6 Å². The van der Waals surface area contributed by atoms with Gasteiger partial charge in [-0.2, -0.15) is 0 Å². The first-order valence-electron chi connectivity index (χ1n) is 10.5. The SMILES string of the molecule is CCOC(=O)C1=C(COC(=O)c2ccc(OCC)c([N+](=O)[O-])c2)NC(=O)NC1c1ccccc1. The maximum absolute atomic E-state index is 12.7. The quantitative estimate of drug-likeness (QED) is 0.324. The molecule has 1 unspecified atom stereocenters. The smallest absolute Gasteiger partial charge is 0.338 e. The highest BCUT2D eigenvalue weighted by atomic mass is 16.6. The van der Waals surface area contributed by atoms with E-state index in [1.54, 1.807) is 44.2 Å². The van der Waals surface area contributed by atoms with Crippen molar-refractivity contribution in [2.24, 2.45) is 0 Å². The molecule has 11 nitrogen and oxygen atoms in total. The number of carbonyl (C=O) groups is 3. The van der Waals surface area contributed by atoms with Gasteiger partial charge in [0.2, 0.25) is 0 Å². The van der Waals surface area contributed by atoms with Gasteiger partial charge in [-0.25, -0.2) is 14.4 Å². The van der Waals surface area contributed by atoms with Gasteiger partial charge in [0.15, 0.2) is 5.75 Å². The third-order valence-corrected chi connectivity index (χ3v) is 4.82. The number of hydrogen-bond acceptors (Lipinski definition) is 8. The summed E-state index contributed by atoms with van der Waals surface area (Å²) in [6, 6.07) is 11.0. The summed E-state index contributed by atoms with van der Waals surface area (Å²) in [7, 11) is 0. The Hall–Kier alpha value is -4.41. The normalized spacial score (nSPS) is 15.1. The van der Waals surface area contributed by atoms with Gasteiger partial charge in [0.1, 0.15) is 6.61 Å². The molecule has 0 aromatic heterocycles. The van der Waals surface area contributed by atoms with Crippen molar-refractivity contribution in [3.63, 3.8) is 0 Å². The molecule has 0 aliphatic carbocycles. The summed E-state index contributed by atoms with van der Waals surface area (Å²) in [5, 5.41) is 16.5. The fraction of sp³-hybridized carbons (Fsp3) is 0.261. The van der Waals surface area contributed by atoms with Crippen LogP contribution in [0.2, 0.25) is 0 Å². The Labute approximate surface area is 194 Å². The molecular formula is C23H23N3O8. The molecule has 2 aromatic rings. The van der Waals surface area contributed by atoms with Gasteiger partial charge in [-0.3, -0.25) is 10.1 Å². The first kappa shape index (κ1) is 24.2. The number of esters is 2. The predicted molar refractivity (Wildman–Crippen MR) is 119 cm³/mol. The van der Waals surface area contributed by atoms with Crippen LogP contribution in [0.5, 0.6) is 5.75 Å². The van der Waals surface area contributed by atoms with Gasteiger partial charge in [0.25, 0.3) is 0 Å². The van der Waals surface area contributed by atoms with Crippen LogP contribution in [0.15, 0.2) is 59.8 Å². The summed E-state index contributed by atoms with van der Waals surface area (Å²) in [4.78, 5) is 48.3. The number of carbonyl (C=O) groups excluding carboxylic acids is 3. The van der Waals surface area contributed by atoms with E-state index in [1.807, 2.05) is 0 Å². The highest BCUT2D eigenvalue weighted by Crippen LogP contribution is 2.30. The Morgan fingerprint density at radius 1 is 1.03 bits per heavy atom. The van der Waals surface area contributed by atoms with Gasteiger partial charge in [-0.05, 0) is 31.5 Å². The maximum Gasteiger partial charge on any atom is 0.338 e. The Bertz CT molecular complexity index is 1130. The Balaban J connectivity index is 1.90. The molecule has 0 bridgehead atoms. The van der Waals surface area contributed by atoms with E-state index in [0.29, 0.717) is 5.56 Å². The lowest BCUT2D eigenvalue weighted by molar-refractivity contribution is -0.385. The van der Waals surface area contributed by atoms with Crippen LogP contribution in [0.3, 0.4) is 0 Å². The molecule has 0 saturated heterocycles. The van der Waals surface area contributed by atoms with Gasteiger partial charge in [-0.15, -0.1) is 0 Å². The Morgan fingerprint density at radius 3 is 2.41 bits per heavy atom. The van der Waals surface area contributed by atoms with Crippen LogP contribution >= 0.6 is 0 Å². The number of nitrogens with zero attached hydrogens (tertiary/aromatic N) is 1. The molecule has 0 spiro atoms.